The molecule has 0 saturated carbocycles. The fourth-order valence-corrected chi connectivity index (χ4v) is 3.85. The van der Waals surface area contributed by atoms with Gasteiger partial charge in [0.05, 0.1) is 0 Å². The van der Waals surface area contributed by atoms with Crippen LogP contribution in [0.5, 0.6) is 0 Å². The van der Waals surface area contributed by atoms with E-state index < -0.39 is 0 Å². The molecule has 3 amide bonds. The summed E-state index contributed by atoms with van der Waals surface area (Å²) in [6.45, 7) is 3.68. The Morgan fingerprint density at radius 1 is 0.862 bits per heavy atom. The van der Waals surface area contributed by atoms with Gasteiger partial charge in [-0.15, -0.1) is 0 Å². The molecular weight excluding hydrogens is 395 g/mol. The first-order valence-corrected chi connectivity index (χ1v) is 9.99. The Balaban J connectivity index is 1.30. The van der Waals surface area contributed by atoms with Gasteiger partial charge in [-0.3, -0.25) is 9.69 Å². The topological polar surface area (TPSA) is 47.1 Å². The van der Waals surface area contributed by atoms with Crippen molar-refractivity contribution in [3.63, 3.8) is 0 Å². The second kappa shape index (κ2) is 8.29. The van der Waals surface area contributed by atoms with Crippen molar-refractivity contribution in [3.05, 3.63) is 59.4 Å². The van der Waals surface area contributed by atoms with Gasteiger partial charge in [-0.25, -0.2) is 9.18 Å². The van der Waals surface area contributed by atoms with Gasteiger partial charge in [0.1, 0.15) is 12.4 Å². The van der Waals surface area contributed by atoms with Crippen LogP contribution in [0.4, 0.5) is 20.6 Å². The second-order valence-corrected chi connectivity index (χ2v) is 7.61. The second-order valence-electron chi connectivity index (χ2n) is 7.18. The number of halogens is 2. The maximum absolute atomic E-state index is 13.1. The smallest absolute Gasteiger partial charge is 0.325 e. The summed E-state index contributed by atoms with van der Waals surface area (Å²) in [7, 11) is 0. The van der Waals surface area contributed by atoms with Crippen LogP contribution in [0.25, 0.3) is 0 Å². The normalized spacial score (nSPS) is 17.2. The Morgan fingerprint density at radius 2 is 1.48 bits per heavy atom. The minimum absolute atomic E-state index is 0.0462. The molecule has 0 bridgehead atoms. The monoisotopic (exact) mass is 416 g/mol. The molecule has 8 heteroatoms. The van der Waals surface area contributed by atoms with E-state index in [2.05, 4.69) is 4.90 Å². The van der Waals surface area contributed by atoms with Crippen molar-refractivity contribution < 1.29 is 14.0 Å². The molecule has 2 aromatic rings. The van der Waals surface area contributed by atoms with E-state index >= 15 is 0 Å². The van der Waals surface area contributed by atoms with Gasteiger partial charge in [-0.2, -0.15) is 0 Å². The highest BCUT2D eigenvalue weighted by Gasteiger charge is 2.32. The van der Waals surface area contributed by atoms with Gasteiger partial charge in [-0.05, 0) is 48.5 Å². The van der Waals surface area contributed by atoms with Crippen LogP contribution >= 0.6 is 11.6 Å². The molecule has 152 valence electrons. The molecule has 2 fully saturated rings. The third-order valence-electron chi connectivity index (χ3n) is 5.38. The minimum Gasteiger partial charge on any atom is -0.368 e. The summed E-state index contributed by atoms with van der Waals surface area (Å²) in [5.41, 5.74) is 1.73. The van der Waals surface area contributed by atoms with Crippen LogP contribution in [-0.4, -0.2) is 67.6 Å². The number of nitrogens with zero attached hydrogens (tertiary/aromatic N) is 4. The molecule has 4 rings (SSSR count). The summed E-state index contributed by atoms with van der Waals surface area (Å²) in [5.74, 6) is -0.305. The molecule has 0 aliphatic carbocycles. The standard InChI is InChI=1S/C21H22ClFN4O2/c22-16-1-5-19(6-2-16)27-14-13-26(21(27)29)15-20(28)25-11-9-24(10-12-25)18-7-3-17(23)4-8-18/h1-8H,9-15H2. The van der Waals surface area contributed by atoms with E-state index in [9.17, 15) is 14.0 Å². The van der Waals surface area contributed by atoms with Crippen molar-refractivity contribution in [2.45, 2.75) is 0 Å². The van der Waals surface area contributed by atoms with Crippen molar-refractivity contribution in [2.24, 2.45) is 0 Å². The van der Waals surface area contributed by atoms with Crippen LogP contribution in [0.15, 0.2) is 48.5 Å². The lowest BCUT2D eigenvalue weighted by atomic mass is 10.2. The first-order chi connectivity index (χ1) is 14.0. The molecule has 0 unspecified atom stereocenters. The van der Waals surface area contributed by atoms with E-state index in [0.29, 0.717) is 44.3 Å². The summed E-state index contributed by atoms with van der Waals surface area (Å²) >= 11 is 5.91. The highest BCUT2D eigenvalue weighted by molar-refractivity contribution is 6.30. The van der Waals surface area contributed by atoms with Gasteiger partial charge < -0.3 is 14.7 Å². The van der Waals surface area contributed by atoms with Gasteiger partial charge >= 0.3 is 6.03 Å². The van der Waals surface area contributed by atoms with Crippen LogP contribution in [0.2, 0.25) is 5.02 Å². The number of carbonyl (C=O) groups excluding carboxylic acids is 2. The number of urea groups is 1. The largest absolute Gasteiger partial charge is 0.368 e. The van der Waals surface area contributed by atoms with Crippen LogP contribution in [-0.2, 0) is 4.79 Å². The Kier molecular flexibility index (Phi) is 5.58. The maximum atomic E-state index is 13.1. The van der Waals surface area contributed by atoms with Crippen molar-refractivity contribution in [1.29, 1.82) is 0 Å². The third kappa shape index (κ3) is 4.29. The molecule has 0 aromatic heterocycles. The van der Waals surface area contributed by atoms with Crippen LogP contribution in [0, 0.1) is 5.82 Å². The number of anilines is 2. The van der Waals surface area contributed by atoms with Crippen molar-refractivity contribution in [2.75, 3.05) is 55.6 Å². The molecular formula is C21H22ClFN4O2. The molecule has 0 N–H and O–H groups in total. The molecule has 2 aromatic carbocycles. The number of piperazine rings is 1. The van der Waals surface area contributed by atoms with E-state index in [1.807, 2.05) is 0 Å². The predicted molar refractivity (Wildman–Crippen MR) is 111 cm³/mol. The average molecular weight is 417 g/mol. The summed E-state index contributed by atoms with van der Waals surface area (Å²) < 4.78 is 13.1. The van der Waals surface area contributed by atoms with E-state index in [0.717, 1.165) is 11.4 Å². The molecule has 2 aliphatic heterocycles. The zero-order valence-corrected chi connectivity index (χ0v) is 16.7. The Hall–Kier alpha value is -2.80. The molecule has 0 atom stereocenters. The Morgan fingerprint density at radius 3 is 2.14 bits per heavy atom. The number of carbonyl (C=O) groups is 2. The lowest BCUT2D eigenvalue weighted by Gasteiger charge is -2.36. The van der Waals surface area contributed by atoms with Crippen LogP contribution < -0.4 is 9.80 Å². The number of hydrogen-bond acceptors (Lipinski definition) is 3. The SMILES string of the molecule is O=C(CN1CCN(c2ccc(Cl)cc2)C1=O)N1CCN(c2ccc(F)cc2)CC1. The summed E-state index contributed by atoms with van der Waals surface area (Å²) in [6.07, 6.45) is 0. The van der Waals surface area contributed by atoms with Crippen LogP contribution in [0.3, 0.4) is 0 Å². The molecule has 29 heavy (non-hydrogen) atoms. The third-order valence-corrected chi connectivity index (χ3v) is 5.64. The van der Waals surface area contributed by atoms with Gasteiger partial charge in [0.25, 0.3) is 0 Å². The van der Waals surface area contributed by atoms with Gasteiger partial charge in [0, 0.05) is 55.7 Å². The number of hydrogen-bond donors (Lipinski definition) is 0. The van der Waals surface area contributed by atoms with E-state index in [1.165, 1.54) is 12.1 Å². The molecule has 2 heterocycles. The summed E-state index contributed by atoms with van der Waals surface area (Å²) in [6, 6.07) is 13.3. The lowest BCUT2D eigenvalue weighted by molar-refractivity contribution is -0.131. The quantitative estimate of drug-likeness (QED) is 0.769. The molecule has 0 radical (unpaired) electrons. The Labute approximate surface area is 174 Å². The van der Waals surface area contributed by atoms with Gasteiger partial charge in [-0.1, -0.05) is 11.6 Å². The van der Waals surface area contributed by atoms with E-state index in [1.54, 1.807) is 51.1 Å². The molecule has 2 saturated heterocycles. The zero-order chi connectivity index (χ0) is 20.4. The van der Waals surface area contributed by atoms with Crippen molar-refractivity contribution in [3.8, 4) is 0 Å². The van der Waals surface area contributed by atoms with Gasteiger partial charge in [0.2, 0.25) is 5.91 Å². The Bertz CT molecular complexity index is 883. The predicted octanol–water partition coefficient (Wildman–Crippen LogP) is 3.07. The molecule has 2 aliphatic rings. The van der Waals surface area contributed by atoms with Crippen LogP contribution in [0.1, 0.15) is 0 Å². The number of rotatable bonds is 4. The van der Waals surface area contributed by atoms with Crippen molar-refractivity contribution in [1.82, 2.24) is 9.80 Å². The highest BCUT2D eigenvalue weighted by atomic mass is 35.5. The van der Waals surface area contributed by atoms with E-state index in [-0.39, 0.29) is 24.3 Å². The molecule has 0 spiro atoms. The zero-order valence-electron chi connectivity index (χ0n) is 15.9. The van der Waals surface area contributed by atoms with E-state index in [4.69, 9.17) is 11.6 Å². The average Bonchev–Trinajstić information content (AvgIpc) is 3.09. The summed E-state index contributed by atoms with van der Waals surface area (Å²) in [5, 5.41) is 0.618. The first-order valence-electron chi connectivity index (χ1n) is 9.61. The van der Waals surface area contributed by atoms with Gasteiger partial charge in [0.15, 0.2) is 0 Å². The summed E-state index contributed by atoms with van der Waals surface area (Å²) in [4.78, 5) is 32.6. The first kappa shape index (κ1) is 19.5. The highest BCUT2D eigenvalue weighted by Crippen LogP contribution is 2.23. The fourth-order valence-electron chi connectivity index (χ4n) is 3.72. The lowest BCUT2D eigenvalue weighted by Crippen LogP contribution is -2.51. The minimum atomic E-state index is -0.259. The fraction of sp³-hybridized carbons (Fsp3) is 0.333. The number of amides is 3. The molecule has 6 nitrogen and oxygen atoms in total. The van der Waals surface area contributed by atoms with Crippen molar-refractivity contribution >= 4 is 34.9 Å². The maximum Gasteiger partial charge on any atom is 0.325 e. The number of benzene rings is 2.